The second-order valence-corrected chi connectivity index (χ2v) is 12.7. The Kier molecular flexibility index (Phi) is 6.66. The first-order valence-corrected chi connectivity index (χ1v) is 12.0. The molecule has 0 aromatic heterocycles. The van der Waals surface area contributed by atoms with E-state index in [9.17, 15) is 4.79 Å². The Morgan fingerprint density at radius 1 is 0.867 bits per heavy atom. The maximum absolute atomic E-state index is 11.9. The molecule has 152 valence electrons. The van der Waals surface area contributed by atoms with Crippen molar-refractivity contribution in [3.63, 3.8) is 0 Å². The average molecular weight is 414 g/mol. The molecule has 0 N–H and O–H groups in total. The molecule has 0 fully saturated rings. The van der Waals surface area contributed by atoms with Gasteiger partial charge in [0.1, 0.15) is 0 Å². The van der Waals surface area contributed by atoms with E-state index >= 15 is 0 Å². The lowest BCUT2D eigenvalue weighted by Gasteiger charge is -2.43. The smallest absolute Gasteiger partial charge is 0.261 e. The van der Waals surface area contributed by atoms with Gasteiger partial charge in [-0.3, -0.25) is 4.79 Å². The summed E-state index contributed by atoms with van der Waals surface area (Å²) in [5.41, 5.74) is 1.57. The van der Waals surface area contributed by atoms with Crippen molar-refractivity contribution in [3.05, 3.63) is 96.1 Å². The highest BCUT2D eigenvalue weighted by Gasteiger charge is 2.50. The molecule has 0 amide bonds. The molecule has 30 heavy (non-hydrogen) atoms. The van der Waals surface area contributed by atoms with E-state index in [1.54, 1.807) is 12.1 Å². The summed E-state index contributed by atoms with van der Waals surface area (Å²) in [4.78, 5) is 11.9. The van der Waals surface area contributed by atoms with Crippen molar-refractivity contribution in [2.24, 2.45) is 0 Å². The third kappa shape index (κ3) is 4.43. The number of carbonyl (C=O) groups excluding carboxylic acids is 1. The van der Waals surface area contributed by atoms with Crippen LogP contribution >= 0.6 is 0 Å². The maximum Gasteiger partial charge on any atom is 0.261 e. The number of carbonyl (C=O) groups is 1. The molecule has 3 nitrogen and oxygen atoms in total. The predicted octanol–water partition coefficient (Wildman–Crippen LogP) is 4.86. The van der Waals surface area contributed by atoms with Gasteiger partial charge in [0.2, 0.25) is 0 Å². The minimum absolute atomic E-state index is 0.0849. The van der Waals surface area contributed by atoms with Crippen LogP contribution in [0.25, 0.3) is 0 Å². The van der Waals surface area contributed by atoms with Crippen LogP contribution in [-0.2, 0) is 11.0 Å². The number of benzene rings is 3. The van der Waals surface area contributed by atoms with Crippen molar-refractivity contribution in [2.75, 3.05) is 0 Å². The standard InChI is InChI=1S/C26H27NO2Si/c1-26(2,3)30(23-10-6-4-7-11-23,24-12-8-5-9-13-24)29-20-21-14-16-22(17-15-21)25(28)18-19-27/h4-17H,18,20H2,1-3H3. The van der Waals surface area contributed by atoms with Gasteiger partial charge in [-0.15, -0.1) is 0 Å². The lowest BCUT2D eigenvalue weighted by atomic mass is 10.1. The SMILES string of the molecule is CC(C)(C)[Si](OCc1ccc(C(=O)CC#N)cc1)(c1ccccc1)c1ccccc1. The largest absolute Gasteiger partial charge is 0.403 e. The Morgan fingerprint density at radius 2 is 1.37 bits per heavy atom. The van der Waals surface area contributed by atoms with Gasteiger partial charge in [-0.1, -0.05) is 106 Å². The normalized spacial score (nSPS) is 11.7. The summed E-state index contributed by atoms with van der Waals surface area (Å²) in [5, 5.41) is 11.1. The van der Waals surface area contributed by atoms with Gasteiger partial charge in [-0.05, 0) is 21.0 Å². The molecule has 0 aliphatic rings. The Balaban J connectivity index is 1.98. The van der Waals surface area contributed by atoms with Crippen LogP contribution in [0.2, 0.25) is 5.04 Å². The summed E-state index contributed by atoms with van der Waals surface area (Å²) in [6, 6.07) is 30.4. The van der Waals surface area contributed by atoms with Crippen LogP contribution in [0.15, 0.2) is 84.9 Å². The predicted molar refractivity (Wildman–Crippen MR) is 123 cm³/mol. The average Bonchev–Trinajstić information content (AvgIpc) is 2.75. The molecule has 3 aromatic rings. The molecule has 0 heterocycles. The Morgan fingerprint density at radius 3 is 1.80 bits per heavy atom. The van der Waals surface area contributed by atoms with Crippen LogP contribution in [0.5, 0.6) is 0 Å². The topological polar surface area (TPSA) is 50.1 Å². The van der Waals surface area contributed by atoms with Crippen LogP contribution in [-0.4, -0.2) is 14.1 Å². The zero-order valence-corrected chi connectivity index (χ0v) is 18.8. The summed E-state index contributed by atoms with van der Waals surface area (Å²) in [5.74, 6) is -0.156. The molecular weight excluding hydrogens is 386 g/mol. The molecule has 0 saturated heterocycles. The van der Waals surface area contributed by atoms with Gasteiger partial charge in [0.25, 0.3) is 8.32 Å². The van der Waals surface area contributed by atoms with Crippen molar-refractivity contribution in [2.45, 2.75) is 38.8 Å². The lowest BCUT2D eigenvalue weighted by Crippen LogP contribution is -2.66. The first-order valence-electron chi connectivity index (χ1n) is 10.1. The summed E-state index contributed by atoms with van der Waals surface area (Å²) in [6.07, 6.45) is -0.0993. The van der Waals surface area contributed by atoms with Crippen molar-refractivity contribution in [1.29, 1.82) is 5.26 Å². The van der Waals surface area contributed by atoms with Gasteiger partial charge < -0.3 is 4.43 Å². The highest BCUT2D eigenvalue weighted by Crippen LogP contribution is 2.37. The summed E-state index contributed by atoms with van der Waals surface area (Å²) >= 11 is 0. The maximum atomic E-state index is 11.9. The van der Waals surface area contributed by atoms with E-state index < -0.39 is 8.32 Å². The Bertz CT molecular complexity index is 977. The third-order valence-electron chi connectivity index (χ3n) is 5.39. The first kappa shape index (κ1) is 21.7. The fourth-order valence-corrected chi connectivity index (χ4v) is 8.45. The van der Waals surface area contributed by atoms with Crippen LogP contribution in [0.3, 0.4) is 0 Å². The Labute approximate surface area is 180 Å². The first-order chi connectivity index (χ1) is 14.4. The zero-order valence-electron chi connectivity index (χ0n) is 17.8. The molecule has 0 unspecified atom stereocenters. The number of hydrogen-bond donors (Lipinski definition) is 0. The molecule has 0 atom stereocenters. The number of Topliss-reactive ketones (excluding diaryl/α,β-unsaturated/α-hetero) is 1. The molecule has 0 radical (unpaired) electrons. The fourth-order valence-electron chi connectivity index (χ4n) is 3.91. The number of nitriles is 1. The Hall–Kier alpha value is -3.00. The van der Waals surface area contributed by atoms with Crippen LogP contribution in [0.4, 0.5) is 0 Å². The van der Waals surface area contributed by atoms with Gasteiger partial charge in [0.15, 0.2) is 5.78 Å². The number of nitrogens with zero attached hydrogens (tertiary/aromatic N) is 1. The third-order valence-corrected chi connectivity index (χ3v) is 10.4. The van der Waals surface area contributed by atoms with E-state index in [1.807, 2.05) is 30.3 Å². The van der Waals surface area contributed by atoms with E-state index in [4.69, 9.17) is 9.69 Å². The van der Waals surface area contributed by atoms with E-state index in [0.29, 0.717) is 12.2 Å². The monoisotopic (exact) mass is 413 g/mol. The summed E-state index contributed by atoms with van der Waals surface area (Å²) < 4.78 is 6.90. The van der Waals surface area contributed by atoms with Gasteiger partial charge in [0, 0.05) is 5.56 Å². The van der Waals surface area contributed by atoms with Crippen LogP contribution < -0.4 is 10.4 Å². The molecule has 0 saturated carbocycles. The number of hydrogen-bond acceptors (Lipinski definition) is 3. The van der Waals surface area contributed by atoms with Crippen LogP contribution in [0, 0.1) is 11.3 Å². The van der Waals surface area contributed by atoms with Gasteiger partial charge in [-0.25, -0.2) is 0 Å². The number of ketones is 1. The summed E-state index contributed by atoms with van der Waals surface area (Å²) in [6.45, 7) is 7.22. The molecule has 0 aliphatic heterocycles. The molecule has 4 heteroatoms. The number of rotatable bonds is 7. The van der Waals surface area contributed by atoms with Crippen molar-refractivity contribution in [3.8, 4) is 6.07 Å². The zero-order chi connectivity index (χ0) is 21.6. The lowest BCUT2D eigenvalue weighted by molar-refractivity contribution is 0.0997. The molecule has 0 aliphatic carbocycles. The van der Waals surface area contributed by atoms with Gasteiger partial charge >= 0.3 is 0 Å². The second-order valence-electron chi connectivity index (χ2n) is 8.41. The van der Waals surface area contributed by atoms with Gasteiger partial charge in [0.05, 0.1) is 19.1 Å². The van der Waals surface area contributed by atoms with Gasteiger partial charge in [-0.2, -0.15) is 5.26 Å². The minimum atomic E-state index is -2.59. The fraction of sp³-hybridized carbons (Fsp3) is 0.231. The van der Waals surface area contributed by atoms with E-state index in [2.05, 4.69) is 69.3 Å². The minimum Gasteiger partial charge on any atom is -0.403 e. The second kappa shape index (κ2) is 9.21. The molecule has 0 bridgehead atoms. The molecule has 3 aromatic carbocycles. The van der Waals surface area contributed by atoms with E-state index in [0.717, 1.165) is 5.56 Å². The molecule has 0 spiro atoms. The quantitative estimate of drug-likeness (QED) is 0.411. The highest BCUT2D eigenvalue weighted by atomic mass is 28.4. The van der Waals surface area contributed by atoms with E-state index in [1.165, 1.54) is 10.4 Å². The van der Waals surface area contributed by atoms with E-state index in [-0.39, 0.29) is 17.2 Å². The molecular formula is C26H27NO2Si. The highest BCUT2D eigenvalue weighted by molar-refractivity contribution is 6.99. The van der Waals surface area contributed by atoms with Crippen molar-refractivity contribution < 1.29 is 9.22 Å². The van der Waals surface area contributed by atoms with Crippen molar-refractivity contribution >= 4 is 24.5 Å². The summed E-state index contributed by atoms with van der Waals surface area (Å²) in [7, 11) is -2.59. The molecule has 3 rings (SSSR count). The van der Waals surface area contributed by atoms with Crippen molar-refractivity contribution in [1.82, 2.24) is 0 Å². The van der Waals surface area contributed by atoms with Crippen LogP contribution in [0.1, 0.15) is 43.1 Å².